The molecule has 1 N–H and O–H groups in total. The van der Waals surface area contributed by atoms with E-state index in [1.165, 1.54) is 0 Å². The highest BCUT2D eigenvalue weighted by molar-refractivity contribution is 5.67. The van der Waals surface area contributed by atoms with Crippen LogP contribution < -0.4 is 15.0 Å². The Labute approximate surface area is 113 Å². The quantitative estimate of drug-likeness (QED) is 0.893. The summed E-state index contributed by atoms with van der Waals surface area (Å²) in [6.45, 7) is 2.86. The molecule has 5 nitrogen and oxygen atoms in total. The highest BCUT2D eigenvalue weighted by atomic mass is 16.5. The molecule has 0 bridgehead atoms. The van der Waals surface area contributed by atoms with E-state index in [-0.39, 0.29) is 0 Å². The fraction of sp³-hybridized carbons (Fsp3) is 0.286. The lowest BCUT2D eigenvalue weighted by Crippen LogP contribution is -2.13. The number of benzene rings is 1. The van der Waals surface area contributed by atoms with E-state index in [2.05, 4.69) is 15.3 Å². The Morgan fingerprint density at radius 3 is 2.79 bits per heavy atom. The molecule has 0 atom stereocenters. The zero-order chi connectivity index (χ0) is 13.7. The molecule has 0 radical (unpaired) electrons. The van der Waals surface area contributed by atoms with Gasteiger partial charge in [-0.3, -0.25) is 0 Å². The van der Waals surface area contributed by atoms with Crippen molar-refractivity contribution >= 4 is 17.3 Å². The summed E-state index contributed by atoms with van der Waals surface area (Å²) >= 11 is 0. The summed E-state index contributed by atoms with van der Waals surface area (Å²) in [6, 6.07) is 9.75. The summed E-state index contributed by atoms with van der Waals surface area (Å²) in [7, 11) is 3.62. The average Bonchev–Trinajstić information content (AvgIpc) is 2.47. The van der Waals surface area contributed by atoms with Gasteiger partial charge in [-0.2, -0.15) is 0 Å². The molecule has 0 aliphatic carbocycles. The minimum atomic E-state index is 0.814. The van der Waals surface area contributed by atoms with Crippen LogP contribution in [-0.2, 0) is 0 Å². The van der Waals surface area contributed by atoms with Crippen molar-refractivity contribution in [3.63, 3.8) is 0 Å². The molecule has 19 heavy (non-hydrogen) atoms. The first kappa shape index (κ1) is 13.1. The summed E-state index contributed by atoms with van der Waals surface area (Å²) in [6.07, 6.45) is 1.55. The first-order chi connectivity index (χ1) is 9.26. The van der Waals surface area contributed by atoms with Crippen molar-refractivity contribution in [3.05, 3.63) is 36.7 Å². The van der Waals surface area contributed by atoms with Gasteiger partial charge in [0.25, 0.3) is 0 Å². The van der Waals surface area contributed by atoms with Crippen molar-refractivity contribution < 1.29 is 4.74 Å². The molecule has 2 aromatic rings. The molecule has 100 valence electrons. The SMILES string of the molecule is CCNc1cc(N(C)c2ccccc2OC)ncn1. The zero-order valence-electron chi connectivity index (χ0n) is 11.4. The first-order valence-electron chi connectivity index (χ1n) is 6.19. The van der Waals surface area contributed by atoms with Gasteiger partial charge in [0, 0.05) is 19.7 Å². The van der Waals surface area contributed by atoms with Crippen LogP contribution in [0.3, 0.4) is 0 Å². The van der Waals surface area contributed by atoms with E-state index in [9.17, 15) is 0 Å². The van der Waals surface area contributed by atoms with Crippen LogP contribution in [0.5, 0.6) is 5.75 Å². The van der Waals surface area contributed by atoms with E-state index in [1.807, 2.05) is 49.2 Å². The Kier molecular flexibility index (Phi) is 4.18. The first-order valence-corrected chi connectivity index (χ1v) is 6.19. The third kappa shape index (κ3) is 2.93. The Bertz CT molecular complexity index is 544. The van der Waals surface area contributed by atoms with E-state index in [4.69, 9.17) is 4.74 Å². The summed E-state index contributed by atoms with van der Waals surface area (Å²) in [4.78, 5) is 10.4. The number of rotatable bonds is 5. The molecule has 0 aliphatic heterocycles. The van der Waals surface area contributed by atoms with Crippen molar-refractivity contribution in [2.75, 3.05) is 30.9 Å². The van der Waals surface area contributed by atoms with Crippen molar-refractivity contribution in [3.8, 4) is 5.75 Å². The second kappa shape index (κ2) is 6.04. The molecule has 0 unspecified atom stereocenters. The van der Waals surface area contributed by atoms with Crippen LogP contribution in [0.1, 0.15) is 6.92 Å². The molecule has 2 rings (SSSR count). The monoisotopic (exact) mass is 258 g/mol. The number of anilines is 3. The van der Waals surface area contributed by atoms with Crippen LogP contribution >= 0.6 is 0 Å². The zero-order valence-corrected chi connectivity index (χ0v) is 11.4. The van der Waals surface area contributed by atoms with E-state index in [1.54, 1.807) is 13.4 Å². The minimum absolute atomic E-state index is 0.814. The van der Waals surface area contributed by atoms with Gasteiger partial charge in [-0.25, -0.2) is 9.97 Å². The smallest absolute Gasteiger partial charge is 0.142 e. The van der Waals surface area contributed by atoms with Crippen LogP contribution in [0.4, 0.5) is 17.3 Å². The van der Waals surface area contributed by atoms with E-state index in [0.717, 1.165) is 29.6 Å². The van der Waals surface area contributed by atoms with Gasteiger partial charge in [-0.05, 0) is 19.1 Å². The maximum absolute atomic E-state index is 5.36. The third-order valence-corrected chi connectivity index (χ3v) is 2.80. The lowest BCUT2D eigenvalue weighted by molar-refractivity contribution is 0.415. The van der Waals surface area contributed by atoms with Crippen LogP contribution in [0.25, 0.3) is 0 Å². The van der Waals surface area contributed by atoms with Gasteiger partial charge in [0.1, 0.15) is 23.7 Å². The normalized spacial score (nSPS) is 10.1. The molecule has 0 fully saturated rings. The molecular formula is C14H18N4O. The third-order valence-electron chi connectivity index (χ3n) is 2.80. The number of para-hydroxylation sites is 2. The van der Waals surface area contributed by atoms with E-state index < -0.39 is 0 Å². The predicted octanol–water partition coefficient (Wildman–Crippen LogP) is 2.68. The topological polar surface area (TPSA) is 50.3 Å². The van der Waals surface area contributed by atoms with Gasteiger partial charge in [0.05, 0.1) is 12.8 Å². The van der Waals surface area contributed by atoms with Crippen molar-refractivity contribution in [1.29, 1.82) is 0 Å². The molecule has 5 heteroatoms. The number of aromatic nitrogens is 2. The molecule has 1 aromatic heterocycles. The van der Waals surface area contributed by atoms with Gasteiger partial charge in [-0.1, -0.05) is 12.1 Å². The van der Waals surface area contributed by atoms with Crippen molar-refractivity contribution in [1.82, 2.24) is 9.97 Å². The molecule has 0 amide bonds. The standard InChI is InChI=1S/C14H18N4O/c1-4-15-13-9-14(17-10-16-13)18(2)11-7-5-6-8-12(11)19-3/h5-10H,4H2,1-3H3,(H,15,16,17). The maximum Gasteiger partial charge on any atom is 0.142 e. The van der Waals surface area contributed by atoms with Gasteiger partial charge >= 0.3 is 0 Å². The summed E-state index contributed by atoms with van der Waals surface area (Å²) in [5, 5.41) is 3.17. The van der Waals surface area contributed by atoms with E-state index in [0.29, 0.717) is 0 Å². The molecule has 1 aromatic carbocycles. The van der Waals surface area contributed by atoms with E-state index >= 15 is 0 Å². The fourth-order valence-corrected chi connectivity index (χ4v) is 1.84. The molecule has 0 spiro atoms. The largest absolute Gasteiger partial charge is 0.495 e. The second-order valence-corrected chi connectivity index (χ2v) is 4.02. The van der Waals surface area contributed by atoms with Gasteiger partial charge < -0.3 is 15.0 Å². The Morgan fingerprint density at radius 1 is 1.26 bits per heavy atom. The van der Waals surface area contributed by atoms with Crippen molar-refractivity contribution in [2.24, 2.45) is 0 Å². The molecule has 1 heterocycles. The molecule has 0 aliphatic rings. The lowest BCUT2D eigenvalue weighted by atomic mass is 10.2. The lowest BCUT2D eigenvalue weighted by Gasteiger charge is -2.21. The van der Waals surface area contributed by atoms with Crippen LogP contribution in [0.15, 0.2) is 36.7 Å². The van der Waals surface area contributed by atoms with Gasteiger partial charge in [0.2, 0.25) is 0 Å². The Balaban J connectivity index is 2.32. The van der Waals surface area contributed by atoms with Crippen LogP contribution in [0, 0.1) is 0 Å². The summed E-state index contributed by atoms with van der Waals surface area (Å²) in [5.41, 5.74) is 0.964. The molecular weight excluding hydrogens is 240 g/mol. The maximum atomic E-state index is 5.36. The van der Waals surface area contributed by atoms with Gasteiger partial charge in [0.15, 0.2) is 0 Å². The average molecular weight is 258 g/mol. The number of nitrogens with one attached hydrogen (secondary N) is 1. The molecule has 0 saturated carbocycles. The number of nitrogens with zero attached hydrogens (tertiary/aromatic N) is 3. The van der Waals surface area contributed by atoms with Crippen molar-refractivity contribution in [2.45, 2.75) is 6.92 Å². The predicted molar refractivity (Wildman–Crippen MR) is 77.3 cm³/mol. The fourth-order valence-electron chi connectivity index (χ4n) is 1.84. The number of hydrogen-bond acceptors (Lipinski definition) is 5. The minimum Gasteiger partial charge on any atom is -0.495 e. The van der Waals surface area contributed by atoms with Crippen LogP contribution in [-0.4, -0.2) is 30.7 Å². The summed E-state index contributed by atoms with van der Waals surface area (Å²) in [5.74, 6) is 2.44. The second-order valence-electron chi connectivity index (χ2n) is 4.02. The Hall–Kier alpha value is -2.30. The summed E-state index contributed by atoms with van der Waals surface area (Å²) < 4.78 is 5.36. The molecule has 0 saturated heterocycles. The highest BCUT2D eigenvalue weighted by Crippen LogP contribution is 2.31. The van der Waals surface area contributed by atoms with Gasteiger partial charge in [-0.15, -0.1) is 0 Å². The Morgan fingerprint density at radius 2 is 2.05 bits per heavy atom. The van der Waals surface area contributed by atoms with Crippen LogP contribution in [0.2, 0.25) is 0 Å². The number of ether oxygens (including phenoxy) is 1. The number of hydrogen-bond donors (Lipinski definition) is 1. The highest BCUT2D eigenvalue weighted by Gasteiger charge is 2.11. The number of methoxy groups -OCH3 is 1.